The van der Waals surface area contributed by atoms with Gasteiger partial charge in [-0.15, -0.1) is 0 Å². The molecule has 3 heteroatoms. The van der Waals surface area contributed by atoms with Crippen LogP contribution < -0.4 is 0 Å². The van der Waals surface area contributed by atoms with Crippen molar-refractivity contribution in [3.8, 4) is 0 Å². The first-order chi connectivity index (χ1) is 5.22. The molecule has 0 bridgehead atoms. The van der Waals surface area contributed by atoms with E-state index in [4.69, 9.17) is 5.11 Å². The number of unbranched alkanes of at least 4 members (excludes halogenated alkanes) is 1. The highest BCUT2D eigenvalue weighted by atomic mass is 16.5. The number of carbonyl (C=O) groups excluding carboxylic acids is 1. The monoisotopic (exact) mass is 160 g/mol. The maximum Gasteiger partial charge on any atom is 0.308 e. The predicted molar refractivity (Wildman–Crippen MR) is 42.1 cm³/mol. The number of esters is 1. The van der Waals surface area contributed by atoms with Crippen molar-refractivity contribution in [2.24, 2.45) is 5.92 Å². The molecule has 0 aromatic carbocycles. The van der Waals surface area contributed by atoms with Crippen LogP contribution in [-0.2, 0) is 9.53 Å². The lowest BCUT2D eigenvalue weighted by atomic mass is 10.1. The number of rotatable bonds is 5. The van der Waals surface area contributed by atoms with Gasteiger partial charge in [-0.05, 0) is 12.8 Å². The van der Waals surface area contributed by atoms with Gasteiger partial charge in [0.25, 0.3) is 0 Å². The van der Waals surface area contributed by atoms with Gasteiger partial charge in [0.15, 0.2) is 0 Å². The summed E-state index contributed by atoms with van der Waals surface area (Å²) in [7, 11) is 1.39. The molecule has 0 saturated heterocycles. The van der Waals surface area contributed by atoms with E-state index in [1.807, 2.05) is 6.92 Å². The van der Waals surface area contributed by atoms with Crippen LogP contribution in [0.25, 0.3) is 0 Å². The third kappa shape index (κ3) is 4.79. The number of hydrogen-bond acceptors (Lipinski definition) is 3. The Morgan fingerprint density at radius 1 is 1.55 bits per heavy atom. The standard InChI is InChI=1S/C8H16O3/c1-7(8(10)11-2)5-3-4-6-9/h7,9H,3-6H2,1-2H3. The minimum Gasteiger partial charge on any atom is -0.469 e. The molecule has 1 N–H and O–H groups in total. The molecule has 1 unspecified atom stereocenters. The number of hydrogen-bond donors (Lipinski definition) is 1. The molecule has 0 aromatic rings. The van der Waals surface area contributed by atoms with Crippen molar-refractivity contribution >= 4 is 5.97 Å². The fourth-order valence-electron chi connectivity index (χ4n) is 0.881. The zero-order chi connectivity index (χ0) is 8.69. The van der Waals surface area contributed by atoms with Crippen LogP contribution in [-0.4, -0.2) is 24.8 Å². The van der Waals surface area contributed by atoms with E-state index in [0.717, 1.165) is 19.3 Å². The molecule has 0 aliphatic rings. The van der Waals surface area contributed by atoms with E-state index in [1.54, 1.807) is 0 Å². The Morgan fingerprint density at radius 3 is 2.64 bits per heavy atom. The second-order valence-electron chi connectivity index (χ2n) is 2.64. The summed E-state index contributed by atoms with van der Waals surface area (Å²) >= 11 is 0. The van der Waals surface area contributed by atoms with Crippen LogP contribution in [0.15, 0.2) is 0 Å². The van der Waals surface area contributed by atoms with Crippen LogP contribution in [0.1, 0.15) is 26.2 Å². The summed E-state index contributed by atoms with van der Waals surface area (Å²) in [6, 6.07) is 0. The Kier molecular flexibility index (Phi) is 5.84. The third-order valence-corrected chi connectivity index (χ3v) is 1.65. The van der Waals surface area contributed by atoms with E-state index in [1.165, 1.54) is 7.11 Å². The van der Waals surface area contributed by atoms with Gasteiger partial charge in [-0.25, -0.2) is 0 Å². The number of aliphatic hydroxyl groups excluding tert-OH is 1. The maximum absolute atomic E-state index is 10.8. The molecule has 0 fully saturated rings. The van der Waals surface area contributed by atoms with Crippen LogP contribution in [0.2, 0.25) is 0 Å². The van der Waals surface area contributed by atoms with Gasteiger partial charge in [0, 0.05) is 6.61 Å². The first-order valence-electron chi connectivity index (χ1n) is 3.91. The predicted octanol–water partition coefficient (Wildman–Crippen LogP) is 0.958. The van der Waals surface area contributed by atoms with Gasteiger partial charge in [-0.1, -0.05) is 13.3 Å². The van der Waals surface area contributed by atoms with Crippen molar-refractivity contribution in [3.63, 3.8) is 0 Å². The molecule has 0 rings (SSSR count). The van der Waals surface area contributed by atoms with Crippen LogP contribution in [0.5, 0.6) is 0 Å². The molecule has 0 saturated carbocycles. The van der Waals surface area contributed by atoms with Gasteiger partial charge in [0.2, 0.25) is 0 Å². The average molecular weight is 160 g/mol. The molecular weight excluding hydrogens is 144 g/mol. The van der Waals surface area contributed by atoms with Gasteiger partial charge >= 0.3 is 5.97 Å². The Balaban J connectivity index is 3.36. The van der Waals surface area contributed by atoms with Crippen LogP contribution in [0.4, 0.5) is 0 Å². The van der Waals surface area contributed by atoms with E-state index in [-0.39, 0.29) is 18.5 Å². The van der Waals surface area contributed by atoms with Crippen LogP contribution in [0, 0.1) is 5.92 Å². The lowest BCUT2D eigenvalue weighted by Gasteiger charge is -2.06. The molecule has 0 amide bonds. The molecule has 1 atom stereocenters. The van der Waals surface area contributed by atoms with Crippen molar-refractivity contribution in [2.75, 3.05) is 13.7 Å². The molecule has 3 nitrogen and oxygen atoms in total. The third-order valence-electron chi connectivity index (χ3n) is 1.65. The fraction of sp³-hybridized carbons (Fsp3) is 0.875. The summed E-state index contributed by atoms with van der Waals surface area (Å²) in [4.78, 5) is 10.8. The summed E-state index contributed by atoms with van der Waals surface area (Å²) in [5.41, 5.74) is 0. The minimum atomic E-state index is -0.164. The van der Waals surface area contributed by atoms with Gasteiger partial charge in [-0.2, -0.15) is 0 Å². The topological polar surface area (TPSA) is 46.5 Å². The molecule has 0 aliphatic heterocycles. The molecule has 0 aliphatic carbocycles. The summed E-state index contributed by atoms with van der Waals surface area (Å²) in [6.45, 7) is 2.04. The number of aliphatic hydroxyl groups is 1. The van der Waals surface area contributed by atoms with Crippen molar-refractivity contribution < 1.29 is 14.6 Å². The molecule has 0 aromatic heterocycles. The largest absolute Gasteiger partial charge is 0.469 e. The Hall–Kier alpha value is -0.570. The summed E-state index contributed by atoms with van der Waals surface area (Å²) in [6.07, 6.45) is 2.45. The second-order valence-corrected chi connectivity index (χ2v) is 2.64. The van der Waals surface area contributed by atoms with E-state index in [0.29, 0.717) is 0 Å². The number of carbonyl (C=O) groups is 1. The van der Waals surface area contributed by atoms with Gasteiger partial charge in [0.1, 0.15) is 0 Å². The van der Waals surface area contributed by atoms with Crippen molar-refractivity contribution in [2.45, 2.75) is 26.2 Å². The first kappa shape index (κ1) is 10.4. The molecule has 0 heterocycles. The molecule has 0 radical (unpaired) electrons. The summed E-state index contributed by atoms with van der Waals surface area (Å²) in [5, 5.41) is 8.46. The van der Waals surface area contributed by atoms with Crippen LogP contribution >= 0.6 is 0 Å². The van der Waals surface area contributed by atoms with Gasteiger partial charge in [0.05, 0.1) is 13.0 Å². The quantitative estimate of drug-likeness (QED) is 0.481. The van der Waals surface area contributed by atoms with E-state index in [9.17, 15) is 4.79 Å². The first-order valence-corrected chi connectivity index (χ1v) is 3.91. The second kappa shape index (κ2) is 6.16. The number of methoxy groups -OCH3 is 1. The normalized spacial score (nSPS) is 12.6. The lowest BCUT2D eigenvalue weighted by Crippen LogP contribution is -2.12. The Bertz CT molecular complexity index is 112. The Morgan fingerprint density at radius 2 is 2.18 bits per heavy atom. The zero-order valence-electron chi connectivity index (χ0n) is 7.17. The number of ether oxygens (including phenoxy) is 1. The highest BCUT2D eigenvalue weighted by Crippen LogP contribution is 2.08. The maximum atomic E-state index is 10.8. The van der Waals surface area contributed by atoms with Gasteiger partial charge < -0.3 is 9.84 Å². The van der Waals surface area contributed by atoms with E-state index >= 15 is 0 Å². The fourth-order valence-corrected chi connectivity index (χ4v) is 0.881. The van der Waals surface area contributed by atoms with Crippen LogP contribution in [0.3, 0.4) is 0 Å². The highest BCUT2D eigenvalue weighted by Gasteiger charge is 2.11. The van der Waals surface area contributed by atoms with E-state index in [2.05, 4.69) is 4.74 Å². The zero-order valence-corrected chi connectivity index (χ0v) is 7.17. The molecule has 0 spiro atoms. The SMILES string of the molecule is COC(=O)C(C)CCCCO. The Labute approximate surface area is 67.4 Å². The molecule has 66 valence electrons. The summed E-state index contributed by atoms with van der Waals surface area (Å²) in [5.74, 6) is -0.200. The molecule has 11 heavy (non-hydrogen) atoms. The van der Waals surface area contributed by atoms with Crippen molar-refractivity contribution in [1.82, 2.24) is 0 Å². The van der Waals surface area contributed by atoms with Crippen molar-refractivity contribution in [3.05, 3.63) is 0 Å². The highest BCUT2D eigenvalue weighted by molar-refractivity contribution is 5.71. The summed E-state index contributed by atoms with van der Waals surface area (Å²) < 4.78 is 4.54. The minimum absolute atomic E-state index is 0.0356. The van der Waals surface area contributed by atoms with Crippen molar-refractivity contribution in [1.29, 1.82) is 0 Å². The molecular formula is C8H16O3. The average Bonchev–Trinajstić information content (AvgIpc) is 2.03. The lowest BCUT2D eigenvalue weighted by molar-refractivity contribution is -0.145. The van der Waals surface area contributed by atoms with Gasteiger partial charge in [-0.3, -0.25) is 4.79 Å². The van der Waals surface area contributed by atoms with E-state index < -0.39 is 0 Å². The smallest absolute Gasteiger partial charge is 0.308 e.